The third kappa shape index (κ3) is 2.86. The van der Waals surface area contributed by atoms with E-state index < -0.39 is 0 Å². The monoisotopic (exact) mass is 333 g/mol. The van der Waals surface area contributed by atoms with Crippen LogP contribution in [0.25, 0.3) is 33.1 Å². The van der Waals surface area contributed by atoms with Crippen LogP contribution < -0.4 is 10.2 Å². The van der Waals surface area contributed by atoms with E-state index in [1.54, 1.807) is 7.11 Å². The van der Waals surface area contributed by atoms with Crippen LogP contribution in [0.3, 0.4) is 0 Å². The van der Waals surface area contributed by atoms with E-state index in [1.165, 1.54) is 0 Å². The number of fused-ring (bicyclic) bond motifs is 2. The molecule has 0 amide bonds. The highest BCUT2D eigenvalue weighted by Gasteiger charge is 2.10. The smallest absolute Gasteiger partial charge is 0.135 e. The second-order valence-electron chi connectivity index (χ2n) is 6.19. The van der Waals surface area contributed by atoms with Gasteiger partial charge in [0.2, 0.25) is 0 Å². The van der Waals surface area contributed by atoms with Crippen molar-refractivity contribution in [2.45, 2.75) is 13.0 Å². The van der Waals surface area contributed by atoms with Crippen LogP contribution in [0.15, 0.2) is 65.1 Å². The maximum atomic E-state index is 9.10. The molecule has 0 spiro atoms. The lowest BCUT2D eigenvalue weighted by Crippen LogP contribution is -2.12. The fourth-order valence-electron chi connectivity index (χ4n) is 3.05. The molecule has 126 valence electrons. The van der Waals surface area contributed by atoms with Gasteiger partial charge in [-0.25, -0.2) is 0 Å². The molecule has 1 aromatic heterocycles. The van der Waals surface area contributed by atoms with Crippen LogP contribution in [0, 0.1) is 0 Å². The van der Waals surface area contributed by atoms with E-state index in [9.17, 15) is 0 Å². The first-order valence-electron chi connectivity index (χ1n) is 8.19. The minimum Gasteiger partial charge on any atom is -0.497 e. The van der Waals surface area contributed by atoms with Gasteiger partial charge >= 0.3 is 0 Å². The Kier molecular flexibility index (Phi) is 3.92. The van der Waals surface area contributed by atoms with Crippen LogP contribution in [-0.4, -0.2) is 12.3 Å². The Morgan fingerprint density at radius 1 is 0.920 bits per heavy atom. The molecule has 0 aliphatic carbocycles. The summed E-state index contributed by atoms with van der Waals surface area (Å²) >= 11 is 0. The van der Waals surface area contributed by atoms with Crippen molar-refractivity contribution in [1.82, 2.24) is 5.48 Å². The van der Waals surface area contributed by atoms with Crippen molar-refractivity contribution in [3.05, 3.63) is 66.2 Å². The van der Waals surface area contributed by atoms with Gasteiger partial charge in [-0.3, -0.25) is 0 Å². The Morgan fingerprint density at radius 2 is 1.72 bits per heavy atom. The SMILES string of the molecule is COc1ccc2cc(-c3cc4cc(C(C)NO)ccc4o3)ccc2c1. The zero-order valence-electron chi connectivity index (χ0n) is 14.1. The molecule has 4 aromatic rings. The highest BCUT2D eigenvalue weighted by molar-refractivity contribution is 5.90. The minimum atomic E-state index is -0.126. The number of rotatable bonds is 4. The fourth-order valence-corrected chi connectivity index (χ4v) is 3.05. The lowest BCUT2D eigenvalue weighted by atomic mass is 10.0. The van der Waals surface area contributed by atoms with Crippen LogP contribution in [0.5, 0.6) is 5.75 Å². The predicted octanol–water partition coefficient (Wildman–Crippen LogP) is 5.30. The molecular formula is C21H19NO3. The second kappa shape index (κ2) is 6.24. The normalized spacial score (nSPS) is 12.6. The molecule has 0 radical (unpaired) electrons. The van der Waals surface area contributed by atoms with Gasteiger partial charge in [-0.2, -0.15) is 5.48 Å². The molecule has 4 heteroatoms. The van der Waals surface area contributed by atoms with Crippen molar-refractivity contribution in [1.29, 1.82) is 0 Å². The van der Waals surface area contributed by atoms with Gasteiger partial charge in [-0.1, -0.05) is 24.3 Å². The van der Waals surface area contributed by atoms with E-state index in [0.717, 1.165) is 44.4 Å². The highest BCUT2D eigenvalue weighted by Crippen LogP contribution is 2.32. The number of ether oxygens (including phenoxy) is 1. The third-order valence-corrected chi connectivity index (χ3v) is 4.57. The van der Waals surface area contributed by atoms with Gasteiger partial charge in [0.15, 0.2) is 0 Å². The molecule has 0 aliphatic rings. The third-order valence-electron chi connectivity index (χ3n) is 4.57. The van der Waals surface area contributed by atoms with Crippen molar-refractivity contribution in [3.8, 4) is 17.1 Å². The topological polar surface area (TPSA) is 54.6 Å². The first-order chi connectivity index (χ1) is 12.2. The molecule has 3 aromatic carbocycles. The molecule has 1 atom stereocenters. The number of hydrogen-bond acceptors (Lipinski definition) is 4. The summed E-state index contributed by atoms with van der Waals surface area (Å²) in [6.45, 7) is 1.90. The largest absolute Gasteiger partial charge is 0.497 e. The zero-order valence-corrected chi connectivity index (χ0v) is 14.1. The van der Waals surface area contributed by atoms with Gasteiger partial charge in [0.25, 0.3) is 0 Å². The maximum absolute atomic E-state index is 9.10. The number of hydroxylamine groups is 1. The van der Waals surface area contributed by atoms with Crippen molar-refractivity contribution in [2.24, 2.45) is 0 Å². The standard InChI is InChI=1S/C21H19NO3/c1-13(22-23)14-6-8-20-18(9-14)12-21(25-20)17-4-3-16-11-19(24-2)7-5-15(16)10-17/h3-13,22-23H,1-2H3. The van der Waals surface area contributed by atoms with Crippen molar-refractivity contribution in [3.63, 3.8) is 0 Å². The predicted molar refractivity (Wildman–Crippen MR) is 99.0 cm³/mol. The summed E-state index contributed by atoms with van der Waals surface area (Å²) in [6, 6.07) is 20.1. The quantitative estimate of drug-likeness (QED) is 0.498. The maximum Gasteiger partial charge on any atom is 0.135 e. The lowest BCUT2D eigenvalue weighted by molar-refractivity contribution is 0.133. The van der Waals surface area contributed by atoms with Crippen molar-refractivity contribution in [2.75, 3.05) is 7.11 Å². The Balaban J connectivity index is 1.77. The van der Waals surface area contributed by atoms with E-state index in [4.69, 9.17) is 14.4 Å². The van der Waals surface area contributed by atoms with E-state index >= 15 is 0 Å². The summed E-state index contributed by atoms with van der Waals surface area (Å²) in [6.07, 6.45) is 0. The van der Waals surface area contributed by atoms with Crippen molar-refractivity contribution >= 4 is 21.7 Å². The van der Waals surface area contributed by atoms with E-state index in [1.807, 2.05) is 49.4 Å². The van der Waals surface area contributed by atoms with E-state index in [2.05, 4.69) is 23.7 Å². The molecule has 0 bridgehead atoms. The van der Waals surface area contributed by atoms with Gasteiger partial charge in [0.05, 0.1) is 13.2 Å². The number of methoxy groups -OCH3 is 1. The van der Waals surface area contributed by atoms with Crippen LogP contribution >= 0.6 is 0 Å². The average molecular weight is 333 g/mol. The molecule has 0 saturated carbocycles. The van der Waals surface area contributed by atoms with Crippen LogP contribution in [0.4, 0.5) is 0 Å². The molecular weight excluding hydrogens is 314 g/mol. The Morgan fingerprint density at radius 3 is 2.52 bits per heavy atom. The molecule has 25 heavy (non-hydrogen) atoms. The van der Waals surface area contributed by atoms with Crippen LogP contribution in [0.2, 0.25) is 0 Å². The summed E-state index contributed by atoms with van der Waals surface area (Å²) in [5.41, 5.74) is 5.14. The zero-order chi connectivity index (χ0) is 17.4. The molecule has 4 nitrogen and oxygen atoms in total. The summed E-state index contributed by atoms with van der Waals surface area (Å²) < 4.78 is 11.3. The number of furan rings is 1. The molecule has 1 unspecified atom stereocenters. The van der Waals surface area contributed by atoms with E-state index in [-0.39, 0.29) is 6.04 Å². The molecule has 4 rings (SSSR count). The van der Waals surface area contributed by atoms with E-state index in [0.29, 0.717) is 0 Å². The van der Waals surface area contributed by atoms with Gasteiger partial charge in [0.1, 0.15) is 17.1 Å². The van der Waals surface area contributed by atoms with Gasteiger partial charge in [-0.15, -0.1) is 0 Å². The molecule has 2 N–H and O–H groups in total. The average Bonchev–Trinajstić information content (AvgIpc) is 3.09. The van der Waals surface area contributed by atoms with Crippen molar-refractivity contribution < 1.29 is 14.4 Å². The molecule has 0 aliphatic heterocycles. The Hall–Kier alpha value is -2.82. The fraction of sp³-hybridized carbons (Fsp3) is 0.143. The number of nitrogens with one attached hydrogen (secondary N) is 1. The lowest BCUT2D eigenvalue weighted by Gasteiger charge is -2.08. The van der Waals surface area contributed by atoms with Crippen LogP contribution in [-0.2, 0) is 0 Å². The molecule has 0 saturated heterocycles. The Labute approximate surface area is 145 Å². The summed E-state index contributed by atoms with van der Waals surface area (Å²) in [5, 5.41) is 12.4. The molecule has 1 heterocycles. The first-order valence-corrected chi connectivity index (χ1v) is 8.19. The Bertz CT molecular complexity index is 1050. The number of benzene rings is 3. The van der Waals surface area contributed by atoms with Gasteiger partial charge in [0, 0.05) is 10.9 Å². The summed E-state index contributed by atoms with van der Waals surface area (Å²) in [7, 11) is 1.67. The van der Waals surface area contributed by atoms with Gasteiger partial charge in [-0.05, 0) is 59.7 Å². The summed E-state index contributed by atoms with van der Waals surface area (Å²) in [5.74, 6) is 1.68. The first kappa shape index (κ1) is 15.7. The number of hydrogen-bond donors (Lipinski definition) is 2. The molecule has 0 fully saturated rings. The summed E-state index contributed by atoms with van der Waals surface area (Å²) in [4.78, 5) is 0. The highest BCUT2D eigenvalue weighted by atomic mass is 16.5. The van der Waals surface area contributed by atoms with Crippen LogP contribution in [0.1, 0.15) is 18.5 Å². The second-order valence-corrected chi connectivity index (χ2v) is 6.19. The van der Waals surface area contributed by atoms with Gasteiger partial charge < -0.3 is 14.4 Å². The minimum absolute atomic E-state index is 0.126.